The zero-order valence-electron chi connectivity index (χ0n) is 24.0. The number of carbonyl (C=O) groups excluding carboxylic acids is 2. The molecule has 41 heavy (non-hydrogen) atoms. The number of nitrogens with one attached hydrogen (secondary N) is 1. The molecule has 8 nitrogen and oxygen atoms in total. The minimum Gasteiger partial charge on any atom is -0.494 e. The van der Waals surface area contributed by atoms with Gasteiger partial charge in [-0.05, 0) is 80.8 Å². The lowest BCUT2D eigenvalue weighted by molar-refractivity contribution is -0.140. The van der Waals surface area contributed by atoms with Gasteiger partial charge in [0.25, 0.3) is 10.0 Å². The quantitative estimate of drug-likeness (QED) is 0.286. The fraction of sp³-hybridized carbons (Fsp3) is 0.355. The molecule has 0 aliphatic heterocycles. The summed E-state index contributed by atoms with van der Waals surface area (Å²) in [5, 5.41) is 2.87. The van der Waals surface area contributed by atoms with Crippen LogP contribution in [0.25, 0.3) is 0 Å². The van der Waals surface area contributed by atoms with E-state index in [4.69, 9.17) is 4.74 Å². The maximum Gasteiger partial charge on any atom is 0.264 e. The third kappa shape index (κ3) is 8.29. The predicted octanol–water partition coefficient (Wildman–Crippen LogP) is 5.06. The molecule has 0 spiro atoms. The molecule has 220 valence electrons. The number of carbonyl (C=O) groups is 2. The summed E-state index contributed by atoms with van der Waals surface area (Å²) < 4.78 is 47.8. The molecule has 0 aliphatic rings. The predicted molar refractivity (Wildman–Crippen MR) is 158 cm³/mol. The topological polar surface area (TPSA) is 96.0 Å². The van der Waals surface area contributed by atoms with Crippen LogP contribution in [-0.4, -0.2) is 50.9 Å². The Balaban J connectivity index is 2.05. The van der Waals surface area contributed by atoms with Gasteiger partial charge >= 0.3 is 0 Å². The summed E-state index contributed by atoms with van der Waals surface area (Å²) >= 11 is 0. The van der Waals surface area contributed by atoms with Crippen molar-refractivity contribution in [3.8, 4) is 5.75 Å². The lowest BCUT2D eigenvalue weighted by atomic mass is 10.1. The number of hydrogen-bond acceptors (Lipinski definition) is 5. The number of aryl methyl sites for hydroxylation is 1. The average molecular weight is 584 g/mol. The molecule has 1 unspecified atom stereocenters. The molecule has 3 rings (SSSR count). The second-order valence-corrected chi connectivity index (χ2v) is 11.5. The number of anilines is 1. The van der Waals surface area contributed by atoms with Crippen LogP contribution in [0.15, 0.2) is 77.7 Å². The molecule has 0 radical (unpaired) electrons. The highest BCUT2D eigenvalue weighted by atomic mass is 32.2. The summed E-state index contributed by atoms with van der Waals surface area (Å²) in [6, 6.07) is 17.6. The monoisotopic (exact) mass is 583 g/mol. The van der Waals surface area contributed by atoms with Crippen molar-refractivity contribution in [2.45, 2.75) is 58.0 Å². The van der Waals surface area contributed by atoms with Crippen LogP contribution >= 0.6 is 0 Å². The number of ether oxygens (including phenoxy) is 1. The van der Waals surface area contributed by atoms with E-state index in [1.165, 1.54) is 4.90 Å². The highest BCUT2D eigenvalue weighted by Gasteiger charge is 2.33. The Morgan fingerprint density at radius 1 is 0.976 bits per heavy atom. The molecule has 0 saturated carbocycles. The molecule has 0 fully saturated rings. The second-order valence-electron chi connectivity index (χ2n) is 9.62. The highest BCUT2D eigenvalue weighted by Crippen LogP contribution is 2.27. The van der Waals surface area contributed by atoms with Crippen molar-refractivity contribution < 1.29 is 27.1 Å². The van der Waals surface area contributed by atoms with E-state index in [9.17, 15) is 22.4 Å². The molecular formula is C31H38FN3O5S. The molecule has 2 amide bonds. The Hall–Kier alpha value is -3.92. The summed E-state index contributed by atoms with van der Waals surface area (Å²) in [5.41, 5.74) is 2.03. The molecular weight excluding hydrogens is 545 g/mol. The first-order chi connectivity index (χ1) is 19.6. The third-order valence-electron chi connectivity index (χ3n) is 6.49. The largest absolute Gasteiger partial charge is 0.494 e. The van der Waals surface area contributed by atoms with E-state index < -0.39 is 34.3 Å². The van der Waals surface area contributed by atoms with Crippen molar-refractivity contribution in [1.82, 2.24) is 10.2 Å². The molecule has 0 bridgehead atoms. The van der Waals surface area contributed by atoms with Gasteiger partial charge in [-0.15, -0.1) is 0 Å². The van der Waals surface area contributed by atoms with E-state index in [0.717, 1.165) is 46.1 Å². The maximum absolute atomic E-state index is 14.1. The van der Waals surface area contributed by atoms with Gasteiger partial charge in [0, 0.05) is 13.1 Å². The number of hydrogen-bond donors (Lipinski definition) is 1. The third-order valence-corrected chi connectivity index (χ3v) is 8.27. The van der Waals surface area contributed by atoms with Gasteiger partial charge in [-0.25, -0.2) is 12.8 Å². The molecule has 10 heteroatoms. The van der Waals surface area contributed by atoms with Gasteiger partial charge in [0.15, 0.2) is 0 Å². The molecule has 0 aliphatic carbocycles. The van der Waals surface area contributed by atoms with E-state index in [0.29, 0.717) is 25.3 Å². The van der Waals surface area contributed by atoms with Crippen LogP contribution in [-0.2, 0) is 26.2 Å². The Morgan fingerprint density at radius 3 is 2.24 bits per heavy atom. The van der Waals surface area contributed by atoms with Crippen LogP contribution in [0.5, 0.6) is 5.75 Å². The van der Waals surface area contributed by atoms with Crippen LogP contribution in [0.1, 0.15) is 44.7 Å². The van der Waals surface area contributed by atoms with Crippen molar-refractivity contribution in [1.29, 1.82) is 0 Å². The van der Waals surface area contributed by atoms with Crippen LogP contribution in [0, 0.1) is 12.7 Å². The van der Waals surface area contributed by atoms with Gasteiger partial charge in [-0.2, -0.15) is 0 Å². The summed E-state index contributed by atoms with van der Waals surface area (Å²) in [5.74, 6) is -0.892. The molecule has 1 atom stereocenters. The first-order valence-electron chi connectivity index (χ1n) is 13.7. The molecule has 0 saturated heterocycles. The van der Waals surface area contributed by atoms with Crippen molar-refractivity contribution >= 4 is 27.5 Å². The summed E-state index contributed by atoms with van der Waals surface area (Å²) in [6.45, 7) is 7.95. The molecule has 0 heterocycles. The van der Waals surface area contributed by atoms with Crippen molar-refractivity contribution in [3.05, 3.63) is 89.7 Å². The van der Waals surface area contributed by atoms with E-state index in [2.05, 4.69) is 5.32 Å². The van der Waals surface area contributed by atoms with E-state index in [1.807, 2.05) is 52.0 Å². The summed E-state index contributed by atoms with van der Waals surface area (Å²) in [7, 11) is -4.29. The van der Waals surface area contributed by atoms with Crippen LogP contribution in [0.4, 0.5) is 10.1 Å². The van der Waals surface area contributed by atoms with Crippen molar-refractivity contribution in [2.24, 2.45) is 0 Å². The van der Waals surface area contributed by atoms with Crippen LogP contribution in [0.2, 0.25) is 0 Å². The SMILES string of the molecule is CCCNC(=O)C(CC)N(Cc1cccc(C)c1)C(=O)CN(c1ccc(OCC)cc1)S(=O)(=O)c1ccc(F)cc1. The number of rotatable bonds is 14. The first-order valence-corrected chi connectivity index (χ1v) is 15.2. The van der Waals surface area contributed by atoms with Gasteiger partial charge in [-0.1, -0.05) is 43.7 Å². The minimum absolute atomic E-state index is 0.117. The number of benzene rings is 3. The lowest BCUT2D eigenvalue weighted by Crippen LogP contribution is -2.52. The van der Waals surface area contributed by atoms with Gasteiger partial charge in [0.2, 0.25) is 11.8 Å². The van der Waals surface area contributed by atoms with Crippen LogP contribution < -0.4 is 14.4 Å². The van der Waals surface area contributed by atoms with E-state index >= 15 is 0 Å². The lowest BCUT2D eigenvalue weighted by Gasteiger charge is -2.33. The zero-order valence-corrected chi connectivity index (χ0v) is 24.8. The maximum atomic E-state index is 14.1. The van der Waals surface area contributed by atoms with Gasteiger partial charge < -0.3 is 15.0 Å². The first kappa shape index (κ1) is 31.6. The summed E-state index contributed by atoms with van der Waals surface area (Å²) in [6.07, 6.45) is 1.07. The smallest absolute Gasteiger partial charge is 0.264 e. The normalized spacial score (nSPS) is 11.9. The van der Waals surface area contributed by atoms with E-state index in [-0.39, 0.29) is 23.0 Å². The molecule has 1 N–H and O–H groups in total. The Labute approximate surface area is 242 Å². The fourth-order valence-corrected chi connectivity index (χ4v) is 5.84. The zero-order chi connectivity index (χ0) is 30.0. The van der Waals surface area contributed by atoms with Gasteiger partial charge in [0.1, 0.15) is 24.2 Å². The number of amides is 2. The Morgan fingerprint density at radius 2 is 1.66 bits per heavy atom. The minimum atomic E-state index is -4.29. The number of halogens is 1. The molecule has 0 aromatic heterocycles. The Kier molecular flexibility index (Phi) is 11.3. The molecule has 3 aromatic rings. The van der Waals surface area contributed by atoms with Crippen molar-refractivity contribution in [3.63, 3.8) is 0 Å². The standard InChI is InChI=1S/C31H38FN3O5S/c1-5-19-33-31(37)29(6-2)34(21-24-10-8-9-23(4)20-24)30(36)22-35(26-13-15-27(16-14-26)40-7-3)41(38,39)28-17-11-25(32)12-18-28/h8-18,20,29H,5-7,19,21-22H2,1-4H3,(H,33,37). The van der Waals surface area contributed by atoms with Gasteiger partial charge in [-0.3, -0.25) is 13.9 Å². The fourth-order valence-electron chi connectivity index (χ4n) is 4.43. The average Bonchev–Trinajstić information content (AvgIpc) is 2.95. The van der Waals surface area contributed by atoms with Crippen LogP contribution in [0.3, 0.4) is 0 Å². The number of sulfonamides is 1. The second kappa shape index (κ2) is 14.6. The van der Waals surface area contributed by atoms with E-state index in [1.54, 1.807) is 24.3 Å². The van der Waals surface area contributed by atoms with Crippen molar-refractivity contribution in [2.75, 3.05) is 24.0 Å². The van der Waals surface area contributed by atoms with Gasteiger partial charge in [0.05, 0.1) is 17.2 Å². The highest BCUT2D eigenvalue weighted by molar-refractivity contribution is 7.92. The molecule has 3 aromatic carbocycles. The number of nitrogens with zero attached hydrogens (tertiary/aromatic N) is 2. The Bertz CT molecular complexity index is 1410. The summed E-state index contributed by atoms with van der Waals surface area (Å²) in [4.78, 5) is 28.5.